The zero-order chi connectivity index (χ0) is 16.3. The lowest BCUT2D eigenvalue weighted by Crippen LogP contribution is -2.30. The smallest absolute Gasteiger partial charge is 0.287 e. The number of anilines is 1. The van der Waals surface area contributed by atoms with Crippen LogP contribution < -0.4 is 5.32 Å². The number of nitro benzene ring substituents is 1. The summed E-state index contributed by atoms with van der Waals surface area (Å²) in [5, 5.41) is 37.2. The van der Waals surface area contributed by atoms with Crippen LogP contribution in [0.4, 0.5) is 11.4 Å². The first-order valence-corrected chi connectivity index (χ1v) is 6.47. The van der Waals surface area contributed by atoms with Gasteiger partial charge < -0.3 is 10.4 Å². The van der Waals surface area contributed by atoms with Crippen molar-refractivity contribution in [1.29, 1.82) is 5.26 Å². The average Bonchev–Trinajstić information content (AvgIpc) is 2.92. The van der Waals surface area contributed by atoms with E-state index < -0.39 is 10.5 Å². The minimum absolute atomic E-state index is 0.0315. The molecule has 0 saturated carbocycles. The molecular weight excluding hydrogens is 286 g/mol. The van der Waals surface area contributed by atoms with Crippen LogP contribution in [-0.4, -0.2) is 26.4 Å². The molecule has 0 saturated heterocycles. The van der Waals surface area contributed by atoms with Crippen molar-refractivity contribution in [2.24, 2.45) is 7.05 Å². The molecule has 0 bridgehead atoms. The summed E-state index contributed by atoms with van der Waals surface area (Å²) in [4.78, 5) is 10.2. The van der Waals surface area contributed by atoms with Crippen LogP contribution in [0.25, 0.3) is 0 Å². The van der Waals surface area contributed by atoms with E-state index in [0.29, 0.717) is 11.3 Å². The molecule has 1 heterocycles. The van der Waals surface area contributed by atoms with Gasteiger partial charge in [-0.3, -0.25) is 14.8 Å². The van der Waals surface area contributed by atoms with E-state index >= 15 is 0 Å². The third kappa shape index (κ3) is 3.21. The van der Waals surface area contributed by atoms with Crippen molar-refractivity contribution in [3.8, 4) is 6.07 Å². The van der Waals surface area contributed by atoms with E-state index in [2.05, 4.69) is 10.4 Å². The van der Waals surface area contributed by atoms with Crippen molar-refractivity contribution in [2.45, 2.75) is 12.5 Å². The number of nitrogens with zero attached hydrogens (tertiary/aromatic N) is 4. The molecule has 0 aliphatic carbocycles. The number of hydrogen-bond acceptors (Lipinski definition) is 6. The molecule has 0 radical (unpaired) electrons. The van der Waals surface area contributed by atoms with Gasteiger partial charge in [-0.15, -0.1) is 0 Å². The molecule has 1 unspecified atom stereocenters. The Kier molecular flexibility index (Phi) is 4.10. The Balaban J connectivity index is 2.15. The van der Waals surface area contributed by atoms with E-state index in [4.69, 9.17) is 5.26 Å². The van der Waals surface area contributed by atoms with E-state index in [0.717, 1.165) is 0 Å². The van der Waals surface area contributed by atoms with Gasteiger partial charge in [0.1, 0.15) is 17.2 Å². The van der Waals surface area contributed by atoms with E-state index in [1.165, 1.54) is 18.2 Å². The highest BCUT2D eigenvalue weighted by atomic mass is 16.6. The Hall–Kier alpha value is -2.92. The molecule has 0 amide bonds. The average molecular weight is 301 g/mol. The van der Waals surface area contributed by atoms with Crippen LogP contribution in [0.1, 0.15) is 18.1 Å². The Labute approximate surface area is 126 Å². The van der Waals surface area contributed by atoms with Gasteiger partial charge >= 0.3 is 0 Å². The van der Waals surface area contributed by atoms with Gasteiger partial charge in [-0.25, -0.2) is 0 Å². The summed E-state index contributed by atoms with van der Waals surface area (Å²) in [5.74, 6) is 0. The first-order chi connectivity index (χ1) is 10.3. The third-order valence-corrected chi connectivity index (χ3v) is 3.28. The van der Waals surface area contributed by atoms with Crippen molar-refractivity contribution in [3.05, 3.63) is 51.8 Å². The van der Waals surface area contributed by atoms with Gasteiger partial charge in [0, 0.05) is 37.1 Å². The van der Waals surface area contributed by atoms with E-state index in [-0.39, 0.29) is 17.8 Å². The Morgan fingerprint density at radius 2 is 2.32 bits per heavy atom. The van der Waals surface area contributed by atoms with Crippen LogP contribution in [0.2, 0.25) is 0 Å². The van der Waals surface area contributed by atoms with Crippen molar-refractivity contribution in [2.75, 3.05) is 11.9 Å². The van der Waals surface area contributed by atoms with E-state index in [1.807, 2.05) is 0 Å². The molecule has 0 aliphatic heterocycles. The van der Waals surface area contributed by atoms with E-state index in [1.54, 1.807) is 37.1 Å². The Bertz CT molecular complexity index is 745. The van der Waals surface area contributed by atoms with Crippen molar-refractivity contribution >= 4 is 11.4 Å². The number of nitriles is 1. The van der Waals surface area contributed by atoms with Gasteiger partial charge in [-0.2, -0.15) is 10.4 Å². The number of nitrogens with one attached hydrogen (secondary N) is 1. The van der Waals surface area contributed by atoms with Crippen LogP contribution in [0.3, 0.4) is 0 Å². The maximum atomic E-state index is 10.8. The Morgan fingerprint density at radius 3 is 2.86 bits per heavy atom. The molecule has 1 aromatic carbocycles. The highest BCUT2D eigenvalue weighted by Gasteiger charge is 2.24. The van der Waals surface area contributed by atoms with Gasteiger partial charge in [0.05, 0.1) is 11.1 Å². The fraction of sp³-hybridized carbons (Fsp3) is 0.286. The molecular formula is C14H15N5O3. The highest BCUT2D eigenvalue weighted by Crippen LogP contribution is 2.24. The van der Waals surface area contributed by atoms with Crippen LogP contribution in [0, 0.1) is 21.4 Å². The number of aromatic nitrogens is 2. The summed E-state index contributed by atoms with van der Waals surface area (Å²) in [6.07, 6.45) is 3.27. The second-order valence-electron chi connectivity index (χ2n) is 5.13. The number of rotatable bonds is 5. The highest BCUT2D eigenvalue weighted by molar-refractivity contribution is 5.58. The van der Waals surface area contributed by atoms with Crippen LogP contribution in [-0.2, 0) is 12.6 Å². The maximum absolute atomic E-state index is 10.8. The molecule has 0 fully saturated rings. The molecule has 8 heteroatoms. The lowest BCUT2D eigenvalue weighted by Gasteiger charge is -2.23. The van der Waals surface area contributed by atoms with Crippen molar-refractivity contribution in [1.82, 2.24) is 9.78 Å². The Morgan fingerprint density at radius 1 is 1.59 bits per heavy atom. The molecule has 22 heavy (non-hydrogen) atoms. The predicted molar refractivity (Wildman–Crippen MR) is 79.1 cm³/mol. The monoisotopic (exact) mass is 301 g/mol. The van der Waals surface area contributed by atoms with Crippen molar-refractivity contribution < 1.29 is 10.0 Å². The number of hydrogen-bond donors (Lipinski definition) is 2. The van der Waals surface area contributed by atoms with Crippen LogP contribution >= 0.6 is 0 Å². The second kappa shape index (κ2) is 5.83. The third-order valence-electron chi connectivity index (χ3n) is 3.28. The van der Waals surface area contributed by atoms with Crippen LogP contribution in [0.5, 0.6) is 0 Å². The predicted octanol–water partition coefficient (Wildman–Crippen LogP) is 1.52. The van der Waals surface area contributed by atoms with E-state index in [9.17, 15) is 15.2 Å². The fourth-order valence-electron chi connectivity index (χ4n) is 1.97. The fourth-order valence-corrected chi connectivity index (χ4v) is 1.97. The summed E-state index contributed by atoms with van der Waals surface area (Å²) in [6.45, 7) is 1.80. The number of aryl methyl sites for hydroxylation is 1. The molecule has 0 aliphatic rings. The minimum Gasteiger partial charge on any atom is -0.383 e. The summed E-state index contributed by atoms with van der Waals surface area (Å²) in [6, 6.07) is 5.94. The summed E-state index contributed by atoms with van der Waals surface area (Å²) >= 11 is 0. The quantitative estimate of drug-likeness (QED) is 0.638. The molecule has 2 N–H and O–H groups in total. The molecule has 2 aromatic rings. The van der Waals surface area contributed by atoms with Crippen LogP contribution in [0.15, 0.2) is 30.6 Å². The standard InChI is InChI=1S/C14H15N5O3/c1-14(20,11-7-17-18(2)8-11)9-16-12-3-4-13(19(21)22)10(5-12)6-15/h3-5,7-8,16,20H,9H2,1-2H3. The number of nitro groups is 1. The second-order valence-corrected chi connectivity index (χ2v) is 5.13. The summed E-state index contributed by atoms with van der Waals surface area (Å²) in [5.41, 5.74) is -0.276. The maximum Gasteiger partial charge on any atom is 0.287 e. The zero-order valence-electron chi connectivity index (χ0n) is 12.1. The van der Waals surface area contributed by atoms with Gasteiger partial charge in [-0.1, -0.05) is 0 Å². The molecule has 114 valence electrons. The summed E-state index contributed by atoms with van der Waals surface area (Å²) in [7, 11) is 1.75. The lowest BCUT2D eigenvalue weighted by molar-refractivity contribution is -0.385. The SMILES string of the molecule is Cn1cc(C(C)(O)CNc2ccc([N+](=O)[O-])c(C#N)c2)cn1. The lowest BCUT2D eigenvalue weighted by atomic mass is 9.99. The molecule has 1 aromatic heterocycles. The first-order valence-electron chi connectivity index (χ1n) is 6.47. The normalized spacial score (nSPS) is 13.2. The zero-order valence-corrected chi connectivity index (χ0v) is 12.1. The molecule has 0 spiro atoms. The molecule has 2 rings (SSSR count). The van der Waals surface area contributed by atoms with Gasteiger partial charge in [-0.05, 0) is 19.1 Å². The largest absolute Gasteiger partial charge is 0.383 e. The molecule has 8 nitrogen and oxygen atoms in total. The van der Waals surface area contributed by atoms with Gasteiger partial charge in [0.2, 0.25) is 0 Å². The minimum atomic E-state index is -1.16. The molecule has 1 atom stereocenters. The van der Waals surface area contributed by atoms with Crippen molar-refractivity contribution in [3.63, 3.8) is 0 Å². The first kappa shape index (κ1) is 15.5. The topological polar surface area (TPSA) is 117 Å². The number of aliphatic hydroxyl groups is 1. The van der Waals surface area contributed by atoms with Gasteiger partial charge in [0.15, 0.2) is 0 Å². The summed E-state index contributed by atoms with van der Waals surface area (Å²) < 4.78 is 1.59. The number of benzene rings is 1. The van der Waals surface area contributed by atoms with Gasteiger partial charge in [0.25, 0.3) is 5.69 Å².